The maximum Gasteiger partial charge on any atom is 0.206 e. The van der Waals surface area contributed by atoms with Crippen molar-refractivity contribution in [2.45, 2.75) is 32.7 Å². The molecular formula is C20H18ClFN4O3. The first-order valence-corrected chi connectivity index (χ1v) is 9.49. The second-order valence-electron chi connectivity index (χ2n) is 7.06. The third kappa shape index (κ3) is 3.42. The minimum Gasteiger partial charge on any atom is -0.390 e. The number of aromatic nitrogens is 2. The van der Waals surface area contributed by atoms with Gasteiger partial charge in [0.15, 0.2) is 0 Å². The highest BCUT2D eigenvalue weighted by Gasteiger charge is 2.29. The van der Waals surface area contributed by atoms with Crippen LogP contribution in [0.1, 0.15) is 25.1 Å². The maximum atomic E-state index is 14.1. The summed E-state index contributed by atoms with van der Waals surface area (Å²) in [5, 5.41) is 23.2. The Labute approximate surface area is 171 Å². The smallest absolute Gasteiger partial charge is 0.206 e. The quantitative estimate of drug-likeness (QED) is 0.696. The molecule has 0 aliphatic carbocycles. The Morgan fingerprint density at radius 2 is 2.07 bits per heavy atom. The number of aliphatic hydroxyl groups excluding tert-OH is 1. The highest BCUT2D eigenvalue weighted by Crippen LogP contribution is 2.40. The molecular weight excluding hydrogens is 399 g/mol. The lowest BCUT2D eigenvalue weighted by Gasteiger charge is -2.37. The summed E-state index contributed by atoms with van der Waals surface area (Å²) in [6, 6.07) is 5.90. The van der Waals surface area contributed by atoms with Gasteiger partial charge in [0.2, 0.25) is 5.58 Å². The van der Waals surface area contributed by atoms with Crippen LogP contribution in [0.4, 0.5) is 10.1 Å². The molecule has 1 saturated heterocycles. The number of fused-ring (bicyclic) bond motifs is 1. The molecule has 1 N–H and O–H groups in total. The summed E-state index contributed by atoms with van der Waals surface area (Å²) in [5.74, 6) is -0.664. The number of halogens is 2. The number of anilines is 1. The third-order valence-corrected chi connectivity index (χ3v) is 5.19. The first-order chi connectivity index (χ1) is 13.9. The van der Waals surface area contributed by atoms with Crippen molar-refractivity contribution < 1.29 is 18.8 Å². The van der Waals surface area contributed by atoms with E-state index < -0.39 is 5.82 Å². The summed E-state index contributed by atoms with van der Waals surface area (Å²) in [6.07, 6.45) is -0.0204. The van der Waals surface area contributed by atoms with Crippen LogP contribution in [0.15, 0.2) is 22.7 Å². The summed E-state index contributed by atoms with van der Waals surface area (Å²) in [5.41, 5.74) is 2.15. The minimum atomic E-state index is -0.664. The third-order valence-electron chi connectivity index (χ3n) is 4.84. The summed E-state index contributed by atoms with van der Waals surface area (Å²) in [4.78, 5) is 6.54. The topological polar surface area (TPSA) is 95.4 Å². The van der Waals surface area contributed by atoms with E-state index in [9.17, 15) is 9.50 Å². The van der Waals surface area contributed by atoms with Crippen LogP contribution >= 0.6 is 11.6 Å². The van der Waals surface area contributed by atoms with Crippen LogP contribution in [-0.2, 0) is 11.3 Å². The zero-order valence-corrected chi connectivity index (χ0v) is 16.6. The maximum absolute atomic E-state index is 14.1. The Hall–Kier alpha value is -2.73. The number of ether oxygens (including phenoxy) is 1. The molecule has 0 amide bonds. The van der Waals surface area contributed by atoms with Gasteiger partial charge in [-0.2, -0.15) is 5.26 Å². The molecule has 1 fully saturated rings. The number of nitrogens with zero attached hydrogens (tertiary/aromatic N) is 4. The van der Waals surface area contributed by atoms with Gasteiger partial charge in [-0.25, -0.2) is 9.37 Å². The van der Waals surface area contributed by atoms with E-state index in [0.717, 1.165) is 0 Å². The Balaban J connectivity index is 1.85. The highest BCUT2D eigenvalue weighted by molar-refractivity contribution is 6.37. The van der Waals surface area contributed by atoms with E-state index in [1.54, 1.807) is 12.1 Å². The van der Waals surface area contributed by atoms with Crippen LogP contribution in [0.2, 0.25) is 5.02 Å². The van der Waals surface area contributed by atoms with Gasteiger partial charge in [-0.15, -0.1) is 0 Å². The molecule has 2 unspecified atom stereocenters. The Morgan fingerprint density at radius 1 is 1.34 bits per heavy atom. The van der Waals surface area contributed by atoms with E-state index in [-0.39, 0.29) is 40.7 Å². The van der Waals surface area contributed by atoms with Gasteiger partial charge in [-0.05, 0) is 26.0 Å². The molecule has 2 aromatic heterocycles. The fourth-order valence-corrected chi connectivity index (χ4v) is 4.04. The fourth-order valence-electron chi connectivity index (χ4n) is 3.69. The van der Waals surface area contributed by atoms with E-state index in [1.165, 1.54) is 12.1 Å². The molecule has 3 aromatic rings. The molecule has 0 bridgehead atoms. The summed E-state index contributed by atoms with van der Waals surface area (Å²) >= 11 is 6.65. The van der Waals surface area contributed by atoms with Gasteiger partial charge in [0, 0.05) is 18.7 Å². The Kier molecular flexibility index (Phi) is 5.13. The van der Waals surface area contributed by atoms with Gasteiger partial charge in [0.1, 0.15) is 28.1 Å². The lowest BCUT2D eigenvalue weighted by Crippen LogP contribution is -2.46. The van der Waals surface area contributed by atoms with Crippen molar-refractivity contribution >= 4 is 28.4 Å². The van der Waals surface area contributed by atoms with Crippen molar-refractivity contribution in [3.8, 4) is 17.3 Å². The second-order valence-corrected chi connectivity index (χ2v) is 7.43. The van der Waals surface area contributed by atoms with Crippen LogP contribution in [0, 0.1) is 17.1 Å². The van der Waals surface area contributed by atoms with Crippen LogP contribution in [0.25, 0.3) is 22.4 Å². The molecule has 7 nitrogen and oxygen atoms in total. The first kappa shape index (κ1) is 19.6. The van der Waals surface area contributed by atoms with E-state index in [0.29, 0.717) is 35.6 Å². The Bertz CT molecular complexity index is 1120. The van der Waals surface area contributed by atoms with Crippen LogP contribution in [0.3, 0.4) is 0 Å². The number of nitriles is 1. The number of hydrogen-bond donors (Lipinski definition) is 1. The van der Waals surface area contributed by atoms with E-state index in [1.807, 2.05) is 18.7 Å². The van der Waals surface area contributed by atoms with Gasteiger partial charge in [0.05, 0.1) is 35.8 Å². The molecule has 150 valence electrons. The average Bonchev–Trinajstić information content (AvgIpc) is 3.11. The molecule has 1 aliphatic heterocycles. The monoisotopic (exact) mass is 416 g/mol. The van der Waals surface area contributed by atoms with Crippen molar-refractivity contribution in [3.63, 3.8) is 0 Å². The molecule has 1 aromatic carbocycles. The van der Waals surface area contributed by atoms with Crippen LogP contribution in [0.5, 0.6) is 0 Å². The standard InChI is InChI=1S/C20H18ClFN4O3/c1-10-7-26(8-11(2)28-10)19-15(9-27)24-18-17(25-29-20(18)16(19)21)12-3-4-13(6-23)14(22)5-12/h3-5,10-11,27H,7-9H2,1-2H3. The van der Waals surface area contributed by atoms with Crippen LogP contribution < -0.4 is 4.90 Å². The highest BCUT2D eigenvalue weighted by atomic mass is 35.5. The number of pyridine rings is 1. The van der Waals surface area contributed by atoms with Crippen molar-refractivity contribution in [2.24, 2.45) is 0 Å². The molecule has 0 spiro atoms. The van der Waals surface area contributed by atoms with Gasteiger partial charge >= 0.3 is 0 Å². The first-order valence-electron chi connectivity index (χ1n) is 9.12. The number of morpholine rings is 1. The second kappa shape index (κ2) is 7.59. The van der Waals surface area contributed by atoms with Gasteiger partial charge < -0.3 is 19.3 Å². The van der Waals surface area contributed by atoms with Crippen molar-refractivity contribution in [1.29, 1.82) is 5.26 Å². The van der Waals surface area contributed by atoms with Gasteiger partial charge in [-0.3, -0.25) is 0 Å². The number of rotatable bonds is 3. The zero-order chi connectivity index (χ0) is 20.7. The average molecular weight is 417 g/mol. The fraction of sp³-hybridized carbons (Fsp3) is 0.350. The van der Waals surface area contributed by atoms with E-state index >= 15 is 0 Å². The number of aliphatic hydroxyl groups is 1. The molecule has 0 saturated carbocycles. The predicted octanol–water partition coefficient (Wildman–Crippen LogP) is 3.66. The van der Waals surface area contributed by atoms with Crippen molar-refractivity contribution in [1.82, 2.24) is 10.1 Å². The molecule has 29 heavy (non-hydrogen) atoms. The largest absolute Gasteiger partial charge is 0.390 e. The molecule has 2 atom stereocenters. The molecule has 4 rings (SSSR count). The van der Waals surface area contributed by atoms with Crippen molar-refractivity contribution in [2.75, 3.05) is 18.0 Å². The summed E-state index contributed by atoms with van der Waals surface area (Å²) in [6.45, 7) is 4.77. The van der Waals surface area contributed by atoms with E-state index in [4.69, 9.17) is 26.1 Å². The molecule has 3 heterocycles. The van der Waals surface area contributed by atoms with E-state index in [2.05, 4.69) is 10.1 Å². The number of hydrogen-bond acceptors (Lipinski definition) is 7. The van der Waals surface area contributed by atoms with Gasteiger partial charge in [-0.1, -0.05) is 22.8 Å². The normalized spacial score (nSPS) is 19.5. The summed E-state index contributed by atoms with van der Waals surface area (Å²) in [7, 11) is 0. The number of benzene rings is 1. The van der Waals surface area contributed by atoms with Crippen molar-refractivity contribution in [3.05, 3.63) is 40.3 Å². The lowest BCUT2D eigenvalue weighted by atomic mass is 10.1. The zero-order valence-electron chi connectivity index (χ0n) is 15.8. The summed E-state index contributed by atoms with van der Waals surface area (Å²) < 4.78 is 25.3. The minimum absolute atomic E-state index is 0.0102. The SMILES string of the molecule is CC1CN(c2c(CO)nc3c(-c4ccc(C#N)c(F)c4)noc3c2Cl)CC(C)O1. The molecule has 1 aliphatic rings. The Morgan fingerprint density at radius 3 is 2.69 bits per heavy atom. The van der Waals surface area contributed by atoms with Crippen LogP contribution in [-0.4, -0.2) is 40.5 Å². The van der Waals surface area contributed by atoms with Gasteiger partial charge in [0.25, 0.3) is 0 Å². The predicted molar refractivity (Wildman–Crippen MR) is 105 cm³/mol. The molecule has 0 radical (unpaired) electrons. The molecule has 9 heteroatoms. The lowest BCUT2D eigenvalue weighted by molar-refractivity contribution is -0.00533.